The third kappa shape index (κ3) is 4.32. The maximum Gasteiger partial charge on any atom is 0.226 e. The van der Waals surface area contributed by atoms with Gasteiger partial charge in [0.05, 0.1) is 12.9 Å². The molecule has 0 atom stereocenters. The molecule has 4 rings (SSSR count). The van der Waals surface area contributed by atoms with E-state index < -0.39 is 5.43 Å². The predicted octanol–water partition coefficient (Wildman–Crippen LogP) is 4.41. The van der Waals surface area contributed by atoms with E-state index in [1.165, 1.54) is 37.1 Å². The molecule has 1 aliphatic rings. The molecule has 8 heteroatoms. The van der Waals surface area contributed by atoms with Gasteiger partial charge in [-0.2, -0.15) is 0 Å². The minimum absolute atomic E-state index is 0.352. The van der Waals surface area contributed by atoms with E-state index in [9.17, 15) is 9.90 Å². The molecule has 152 valence electrons. The van der Waals surface area contributed by atoms with Crippen LogP contribution in [0.3, 0.4) is 0 Å². The van der Waals surface area contributed by atoms with Gasteiger partial charge in [-0.25, -0.2) is 0 Å². The van der Waals surface area contributed by atoms with Gasteiger partial charge in [0.1, 0.15) is 17.8 Å². The minimum atomic E-state index is -0.445. The smallest absolute Gasteiger partial charge is 0.226 e. The van der Waals surface area contributed by atoms with Crippen molar-refractivity contribution in [1.29, 1.82) is 0 Å². The molecular formula is C21H23N3O4S. The van der Waals surface area contributed by atoms with Crippen LogP contribution in [0.4, 0.5) is 0 Å². The molecule has 1 N–H and O–H groups in total. The lowest BCUT2D eigenvalue weighted by atomic mass is 9.95. The molecular weight excluding hydrogens is 390 g/mol. The molecule has 0 aliphatic heterocycles. The lowest BCUT2D eigenvalue weighted by molar-refractivity contribution is 0.339. The molecule has 0 saturated heterocycles. The monoisotopic (exact) mass is 413 g/mol. The standard InChI is InChI=1S/C21H23N3O4S/c1-27-16-9-7-14(8-10-16)20-22-23-21(24(20)15-5-3-2-4-6-15)29-13-17-11-18(25)19(26)12-28-17/h7-12,15,26H,2-6,13H2,1H3. The first-order valence-corrected chi connectivity index (χ1v) is 10.7. The first-order chi connectivity index (χ1) is 14.2. The molecule has 1 saturated carbocycles. The van der Waals surface area contributed by atoms with Crippen molar-refractivity contribution >= 4 is 11.8 Å². The number of thioether (sulfide) groups is 1. The summed E-state index contributed by atoms with van der Waals surface area (Å²) in [6.07, 6.45) is 6.93. The molecule has 3 aromatic rings. The van der Waals surface area contributed by atoms with Crippen LogP contribution in [0.15, 0.2) is 51.0 Å². The Bertz CT molecular complexity index is 1020. The Kier molecular flexibility index (Phi) is 5.89. The average molecular weight is 413 g/mol. The molecule has 0 amide bonds. The molecule has 0 radical (unpaired) electrons. The maximum atomic E-state index is 11.6. The van der Waals surface area contributed by atoms with Crippen molar-refractivity contribution in [3.05, 3.63) is 52.6 Å². The van der Waals surface area contributed by atoms with Gasteiger partial charge in [0.15, 0.2) is 16.7 Å². The number of methoxy groups -OCH3 is 1. The van der Waals surface area contributed by atoms with Gasteiger partial charge in [-0.1, -0.05) is 31.0 Å². The number of ether oxygens (including phenoxy) is 1. The van der Waals surface area contributed by atoms with Crippen LogP contribution < -0.4 is 10.2 Å². The highest BCUT2D eigenvalue weighted by molar-refractivity contribution is 7.98. The summed E-state index contributed by atoms with van der Waals surface area (Å²) in [5.74, 6) is 2.18. The molecule has 29 heavy (non-hydrogen) atoms. The predicted molar refractivity (Wildman–Crippen MR) is 110 cm³/mol. The highest BCUT2D eigenvalue weighted by Gasteiger charge is 2.24. The number of aromatic nitrogens is 3. The first kappa shape index (κ1) is 19.6. The molecule has 7 nitrogen and oxygen atoms in total. The number of nitrogens with zero attached hydrogens (tertiary/aromatic N) is 3. The van der Waals surface area contributed by atoms with Gasteiger partial charge in [-0.3, -0.25) is 9.36 Å². The normalized spacial score (nSPS) is 14.8. The molecule has 2 aromatic heterocycles. The second-order valence-corrected chi connectivity index (χ2v) is 8.02. The van der Waals surface area contributed by atoms with E-state index in [2.05, 4.69) is 14.8 Å². The van der Waals surface area contributed by atoms with E-state index in [-0.39, 0.29) is 5.75 Å². The molecule has 1 fully saturated rings. The summed E-state index contributed by atoms with van der Waals surface area (Å²) in [6.45, 7) is 0. The summed E-state index contributed by atoms with van der Waals surface area (Å²) in [4.78, 5) is 11.6. The van der Waals surface area contributed by atoms with Crippen LogP contribution >= 0.6 is 11.8 Å². The molecule has 1 aliphatic carbocycles. The summed E-state index contributed by atoms with van der Waals surface area (Å²) in [6, 6.07) is 9.50. The summed E-state index contributed by atoms with van der Waals surface area (Å²) < 4.78 is 12.8. The Balaban J connectivity index is 1.64. The van der Waals surface area contributed by atoms with E-state index in [0.717, 1.165) is 41.4 Å². The fraction of sp³-hybridized carbons (Fsp3) is 0.381. The molecule has 0 bridgehead atoms. The Morgan fingerprint density at radius 3 is 2.66 bits per heavy atom. The van der Waals surface area contributed by atoms with Crippen molar-refractivity contribution < 1.29 is 14.3 Å². The Morgan fingerprint density at radius 2 is 1.97 bits per heavy atom. The second-order valence-electron chi connectivity index (χ2n) is 7.08. The Labute approximate surface area is 172 Å². The van der Waals surface area contributed by atoms with Crippen molar-refractivity contribution in [3.8, 4) is 22.9 Å². The first-order valence-electron chi connectivity index (χ1n) is 9.68. The van der Waals surface area contributed by atoms with E-state index in [0.29, 0.717) is 17.6 Å². The highest BCUT2D eigenvalue weighted by atomic mass is 32.2. The van der Waals surface area contributed by atoms with Gasteiger partial charge in [-0.05, 0) is 37.1 Å². The number of hydrogen-bond donors (Lipinski definition) is 1. The zero-order valence-electron chi connectivity index (χ0n) is 16.2. The van der Waals surface area contributed by atoms with Crippen molar-refractivity contribution in [3.63, 3.8) is 0 Å². The van der Waals surface area contributed by atoms with Crippen molar-refractivity contribution in [1.82, 2.24) is 14.8 Å². The summed E-state index contributed by atoms with van der Waals surface area (Å²) in [7, 11) is 1.65. The largest absolute Gasteiger partial charge is 0.502 e. The average Bonchev–Trinajstić information content (AvgIpc) is 3.19. The second kappa shape index (κ2) is 8.73. The van der Waals surface area contributed by atoms with Crippen LogP contribution in [0.2, 0.25) is 0 Å². The third-order valence-electron chi connectivity index (χ3n) is 5.16. The van der Waals surface area contributed by atoms with Gasteiger partial charge in [0.25, 0.3) is 0 Å². The minimum Gasteiger partial charge on any atom is -0.502 e. The summed E-state index contributed by atoms with van der Waals surface area (Å²) in [5.41, 5.74) is 0.548. The van der Waals surface area contributed by atoms with E-state index in [4.69, 9.17) is 9.15 Å². The maximum absolute atomic E-state index is 11.6. The molecule has 1 aromatic carbocycles. The van der Waals surface area contributed by atoms with Crippen molar-refractivity contribution in [2.45, 2.75) is 49.1 Å². The van der Waals surface area contributed by atoms with Crippen LogP contribution in [0, 0.1) is 0 Å². The third-order valence-corrected chi connectivity index (χ3v) is 6.13. The van der Waals surface area contributed by atoms with Gasteiger partial charge < -0.3 is 14.3 Å². The Morgan fingerprint density at radius 1 is 1.21 bits per heavy atom. The zero-order valence-corrected chi connectivity index (χ0v) is 17.0. The van der Waals surface area contributed by atoms with Crippen LogP contribution in [-0.4, -0.2) is 27.0 Å². The van der Waals surface area contributed by atoms with Crippen molar-refractivity contribution in [2.24, 2.45) is 0 Å². The molecule has 2 heterocycles. The van der Waals surface area contributed by atoms with Gasteiger partial charge >= 0.3 is 0 Å². The number of aromatic hydroxyl groups is 1. The van der Waals surface area contributed by atoms with E-state index in [1.807, 2.05) is 24.3 Å². The van der Waals surface area contributed by atoms with Crippen LogP contribution in [0.1, 0.15) is 43.9 Å². The van der Waals surface area contributed by atoms with Crippen LogP contribution in [-0.2, 0) is 5.75 Å². The lowest BCUT2D eigenvalue weighted by Crippen LogP contribution is -2.15. The van der Waals surface area contributed by atoms with Crippen LogP contribution in [0.25, 0.3) is 11.4 Å². The van der Waals surface area contributed by atoms with E-state index in [1.54, 1.807) is 7.11 Å². The number of benzene rings is 1. The summed E-state index contributed by atoms with van der Waals surface area (Å²) in [5, 5.41) is 19.1. The Hall–Kier alpha value is -2.74. The quantitative estimate of drug-likeness (QED) is 0.599. The fourth-order valence-electron chi connectivity index (χ4n) is 3.64. The van der Waals surface area contributed by atoms with E-state index >= 15 is 0 Å². The lowest BCUT2D eigenvalue weighted by Gasteiger charge is -2.25. The SMILES string of the molecule is COc1ccc(-c2nnc(SCc3cc(=O)c(O)co3)n2C2CCCCC2)cc1. The molecule has 0 spiro atoms. The van der Waals surface area contributed by atoms with Gasteiger partial charge in [0, 0.05) is 17.7 Å². The zero-order chi connectivity index (χ0) is 20.2. The summed E-state index contributed by atoms with van der Waals surface area (Å²) >= 11 is 1.48. The van der Waals surface area contributed by atoms with Crippen LogP contribution in [0.5, 0.6) is 11.5 Å². The fourth-order valence-corrected chi connectivity index (χ4v) is 4.53. The van der Waals surface area contributed by atoms with Crippen molar-refractivity contribution in [2.75, 3.05) is 7.11 Å². The molecule has 0 unspecified atom stereocenters. The number of rotatable bonds is 6. The van der Waals surface area contributed by atoms with Gasteiger partial charge in [0.2, 0.25) is 5.43 Å². The topological polar surface area (TPSA) is 90.4 Å². The highest BCUT2D eigenvalue weighted by Crippen LogP contribution is 2.36. The number of hydrogen-bond acceptors (Lipinski definition) is 7. The van der Waals surface area contributed by atoms with Gasteiger partial charge in [-0.15, -0.1) is 10.2 Å².